The lowest BCUT2D eigenvalue weighted by atomic mass is 10.1. The number of hydrogen-bond donors (Lipinski definition) is 5. The van der Waals surface area contributed by atoms with Crippen molar-refractivity contribution in [3.8, 4) is 6.07 Å². The lowest BCUT2D eigenvalue weighted by Gasteiger charge is -2.31. The number of para-hydroxylation sites is 1. The molecule has 3 aliphatic heterocycles. The number of amides is 5. The molecule has 3 unspecified atom stereocenters. The molecule has 1 aromatic carbocycles. The Balaban J connectivity index is 1.06. The summed E-state index contributed by atoms with van der Waals surface area (Å²) in [6.45, 7) is -0.579. The van der Waals surface area contributed by atoms with Crippen molar-refractivity contribution in [3.63, 3.8) is 0 Å². The molecule has 0 radical (unpaired) electrons. The summed E-state index contributed by atoms with van der Waals surface area (Å²) in [5.74, 6) is -9.32. The molecule has 4 atom stereocenters. The van der Waals surface area contributed by atoms with Crippen LogP contribution < -0.4 is 21.3 Å². The van der Waals surface area contributed by atoms with Gasteiger partial charge in [0.15, 0.2) is 0 Å². The van der Waals surface area contributed by atoms with Gasteiger partial charge in [-0.05, 0) is 18.6 Å². The van der Waals surface area contributed by atoms with Crippen molar-refractivity contribution in [2.24, 2.45) is 0 Å². The number of alkyl halides is 2. The number of carbonyl (C=O) groups is 8. The van der Waals surface area contributed by atoms with Crippen molar-refractivity contribution in [3.05, 3.63) is 36.0 Å². The van der Waals surface area contributed by atoms with Crippen molar-refractivity contribution < 1.29 is 63.3 Å². The van der Waals surface area contributed by atoms with Crippen LogP contribution in [0.1, 0.15) is 42.5 Å². The number of fused-ring (bicyclic) bond motifs is 4. The number of carboxylic acids is 1. The number of carboxylic acid groups (broad SMARTS) is 1. The average Bonchev–Trinajstić information content (AvgIpc) is 3.59. The van der Waals surface area contributed by atoms with Crippen LogP contribution in [0.15, 0.2) is 30.5 Å². The lowest BCUT2D eigenvalue weighted by molar-refractivity contribution is -0.146. The molecule has 0 spiro atoms. The number of benzene rings is 1. The molecule has 5 amide bonds. The van der Waals surface area contributed by atoms with Gasteiger partial charge in [-0.2, -0.15) is 5.26 Å². The van der Waals surface area contributed by atoms with E-state index in [2.05, 4.69) is 26.3 Å². The first-order chi connectivity index (χ1) is 30.0. The normalized spacial score (nSPS) is 21.6. The molecule has 21 nitrogen and oxygen atoms in total. The number of carbonyl (C=O) groups excluding carboxylic acids is 7. The maximum Gasteiger partial charge on any atom is 1.15 e. The number of pyridine rings is 1. The van der Waals surface area contributed by atoms with Crippen LogP contribution >= 0.6 is 0 Å². The van der Waals surface area contributed by atoms with E-state index in [1.807, 2.05) is 0 Å². The van der Waals surface area contributed by atoms with Crippen LogP contribution in [-0.4, -0.2) is 189 Å². The number of rotatable bonds is 15. The Bertz CT molecular complexity index is 2110. The van der Waals surface area contributed by atoms with Crippen molar-refractivity contribution in [1.82, 2.24) is 40.5 Å². The van der Waals surface area contributed by atoms with Crippen LogP contribution in [0, 0.1) is 11.3 Å². The molecule has 2 aromatic rings. The number of aliphatic carboxylic acids is 1. The van der Waals surface area contributed by atoms with Gasteiger partial charge in [0, 0.05) is 89.6 Å². The summed E-state index contributed by atoms with van der Waals surface area (Å²) < 4.78 is 51.7. The first-order valence-electron chi connectivity index (χ1n) is 20.0. The second-order valence-electron chi connectivity index (χ2n) is 15.0. The fourth-order valence-electron chi connectivity index (χ4n) is 7.25. The first-order valence-corrected chi connectivity index (χ1v) is 21.4. The van der Waals surface area contributed by atoms with Gasteiger partial charge in [-0.3, -0.25) is 58.0 Å². The molecule has 25 heteroatoms. The third-order valence-corrected chi connectivity index (χ3v) is 11.3. The highest BCUT2D eigenvalue weighted by Crippen LogP contribution is 2.31. The minimum Gasteiger partial charge on any atom is -0.558 e. The summed E-state index contributed by atoms with van der Waals surface area (Å²) >= 11 is -4.19. The number of hydrogen-bond acceptors (Lipinski definition) is 15. The number of nitrogens with zero attached hydrogens (tertiary/aromatic N) is 6. The minimum absolute atomic E-state index is 0.00731. The van der Waals surface area contributed by atoms with E-state index in [0.717, 1.165) is 4.90 Å². The molecule has 0 aliphatic carbocycles. The molecule has 3 fully saturated rings. The zero-order valence-electron chi connectivity index (χ0n) is 34.0. The van der Waals surface area contributed by atoms with E-state index in [1.165, 1.54) is 18.3 Å². The van der Waals surface area contributed by atoms with E-state index in [4.69, 9.17) is 12.8 Å². The van der Waals surface area contributed by atoms with E-state index >= 15 is 0 Å². The molecule has 63 heavy (non-hydrogen) atoms. The largest absolute Gasteiger partial charge is 1.15 e. The SMILES string of the molecule is N#C[C@@H]1CC(F)(F)CN1C(=O)CNC(=O)c1ccnc2c(NC(=O)CCC(=O)NCCNC(=O)CCC3C(=O)[O][Al]([18F])[O]C(=O)CN4CCN(CC(=O)O)CCN3CC4)cccc12. The van der Waals surface area contributed by atoms with E-state index in [9.17, 15) is 55.8 Å². The fraction of sp³-hybridized carbons (Fsp3) is 0.526. The maximum absolute atomic E-state index is 14.5. The van der Waals surface area contributed by atoms with Crippen LogP contribution in [0.3, 0.4) is 0 Å². The number of likely N-dealkylation sites (tertiary alicyclic amines) is 1. The summed E-state index contributed by atoms with van der Waals surface area (Å²) in [4.78, 5) is 111. The average molecular weight is 902 g/mol. The smallest absolute Gasteiger partial charge is 0.558 e. The number of aromatic nitrogens is 1. The molecule has 2 bridgehead atoms. The summed E-state index contributed by atoms with van der Waals surface area (Å²) in [7, 11) is 0. The van der Waals surface area contributed by atoms with E-state index in [-0.39, 0.29) is 94.8 Å². The summed E-state index contributed by atoms with van der Waals surface area (Å²) in [5.41, 5.74) is 0.505. The Morgan fingerprint density at radius 1 is 0.921 bits per heavy atom. The summed E-state index contributed by atoms with van der Waals surface area (Å²) in [6, 6.07) is 5.23. The van der Waals surface area contributed by atoms with Crippen molar-refractivity contribution in [1.29, 1.82) is 5.26 Å². The van der Waals surface area contributed by atoms with Crippen molar-refractivity contribution >= 4 is 79.3 Å². The van der Waals surface area contributed by atoms with Crippen LogP contribution in [0.25, 0.3) is 10.9 Å². The third kappa shape index (κ3) is 14.3. The highest BCUT2D eigenvalue weighted by Gasteiger charge is 2.47. The lowest BCUT2D eigenvalue weighted by Crippen LogP contribution is -2.48. The van der Waals surface area contributed by atoms with Gasteiger partial charge in [0.05, 0.1) is 49.0 Å². The third-order valence-electron chi connectivity index (χ3n) is 10.4. The highest BCUT2D eigenvalue weighted by molar-refractivity contribution is 6.41. The van der Waals surface area contributed by atoms with Crippen LogP contribution in [0.2, 0.25) is 0 Å². The van der Waals surface area contributed by atoms with Gasteiger partial charge in [-0.1, -0.05) is 12.1 Å². The molecule has 4 heterocycles. The van der Waals surface area contributed by atoms with Gasteiger partial charge in [0.2, 0.25) is 23.6 Å². The van der Waals surface area contributed by atoms with Gasteiger partial charge in [0.1, 0.15) is 12.1 Å². The van der Waals surface area contributed by atoms with Crippen LogP contribution in [-0.2, 0) is 41.1 Å². The minimum atomic E-state index is -4.19. The van der Waals surface area contributed by atoms with E-state index in [0.29, 0.717) is 18.5 Å². The van der Waals surface area contributed by atoms with Crippen molar-refractivity contribution in [2.45, 2.75) is 50.1 Å². The van der Waals surface area contributed by atoms with Crippen LogP contribution in [0.5, 0.6) is 0 Å². The standard InChI is InChI=1S/C38H48F2N10O11.Al.FH/c39-38(40)18-24(19-41)50(23-38)32(54)20-45-36(59)26-8-9-44-35-25(26)2-1-3-27(35)46-31(53)7-6-30(52)43-11-10-42-29(51)5-4-28(37(60)61)49-16-14-47(21-33(55)56)12-13-48(15-17-49)22-34(57)58;;/h1-3,8-9,24,28H,4-7,10-18,20-23H2,(H,42,51)(H,43,52)(H,45,59)(H,46,53)(H,55,56)(H,57,58)(H,60,61);;1H/q;+3;/p-3/t24-,28?;;/m0../s1/i;;1-1. The van der Waals surface area contributed by atoms with E-state index in [1.54, 1.807) is 32.9 Å². The Morgan fingerprint density at radius 2 is 1.60 bits per heavy atom. The Labute approximate surface area is 363 Å². The molecule has 1 aromatic heterocycles. The molecule has 3 aliphatic rings. The molecule has 3 saturated heterocycles. The molecule has 338 valence electrons. The van der Waals surface area contributed by atoms with Gasteiger partial charge in [0.25, 0.3) is 23.8 Å². The Kier molecular flexibility index (Phi) is 17.1. The predicted octanol–water partition coefficient (Wildman–Crippen LogP) is -1.12. The number of nitrogens with one attached hydrogen (secondary N) is 4. The van der Waals surface area contributed by atoms with Crippen LogP contribution in [0.4, 0.5) is 18.0 Å². The van der Waals surface area contributed by atoms with Gasteiger partial charge in [-0.25, -0.2) is 8.78 Å². The fourth-order valence-corrected chi connectivity index (χ4v) is 7.92. The second kappa shape index (κ2) is 22.4. The van der Waals surface area contributed by atoms with Crippen molar-refractivity contribution in [2.75, 3.05) is 83.9 Å². The number of nitriles is 1. The Hall–Kier alpha value is -5.92. The van der Waals surface area contributed by atoms with Gasteiger partial charge in [-0.15, -0.1) is 0 Å². The quantitative estimate of drug-likeness (QED) is 0.105. The topological polar surface area (TPSA) is 273 Å². The zero-order valence-corrected chi connectivity index (χ0v) is 35.1. The molecule has 5 N–H and O–H groups in total. The van der Waals surface area contributed by atoms with E-state index < -0.39 is 100 Å². The van der Waals surface area contributed by atoms with Gasteiger partial charge < -0.3 is 42.4 Å². The molecule has 5 rings (SSSR count). The Morgan fingerprint density at radius 3 is 2.33 bits per heavy atom. The highest BCUT2D eigenvalue weighted by atomic mass is 27.3. The zero-order chi connectivity index (χ0) is 45.7. The molecular weight excluding hydrogens is 855 g/mol. The molecule has 0 saturated carbocycles. The monoisotopic (exact) mass is 901 g/mol. The molecular formula is C38H46AlF3N10O11. The number of anilines is 1. The summed E-state index contributed by atoms with van der Waals surface area (Å²) in [6.07, 6.45) is -0.281. The second-order valence-corrected chi connectivity index (χ2v) is 16.0. The van der Waals surface area contributed by atoms with Gasteiger partial charge >= 0.3 is 21.2 Å². The summed E-state index contributed by atoms with van der Waals surface area (Å²) in [5, 5.41) is 29.0. The maximum atomic E-state index is 14.5. The predicted molar refractivity (Wildman–Crippen MR) is 213 cm³/mol. The number of halogens is 3. The first kappa shape index (κ1) is 48.1.